The number of benzene rings is 1. The van der Waals surface area contributed by atoms with Gasteiger partial charge in [0, 0.05) is 16.5 Å². The maximum atomic E-state index is 5.47. The van der Waals surface area contributed by atoms with Crippen molar-refractivity contribution in [1.29, 1.82) is 0 Å². The number of thiazole rings is 1. The van der Waals surface area contributed by atoms with E-state index in [1.165, 1.54) is 4.88 Å². The SMILES string of the molecule is CNC(C)c1sc(-c2cc(OC)c3c(c2)OCO3)nc1C. The largest absolute Gasteiger partial charge is 0.493 e. The van der Waals surface area contributed by atoms with E-state index in [9.17, 15) is 0 Å². The molecule has 6 heteroatoms. The van der Waals surface area contributed by atoms with Crippen LogP contribution in [-0.4, -0.2) is 25.9 Å². The van der Waals surface area contributed by atoms with Crippen molar-refractivity contribution in [2.45, 2.75) is 19.9 Å². The van der Waals surface area contributed by atoms with E-state index < -0.39 is 0 Å². The zero-order chi connectivity index (χ0) is 15.0. The van der Waals surface area contributed by atoms with E-state index in [4.69, 9.17) is 14.2 Å². The molecular formula is C15H18N2O3S. The summed E-state index contributed by atoms with van der Waals surface area (Å²) in [7, 11) is 3.58. The second-order valence-electron chi connectivity index (χ2n) is 4.89. The molecule has 2 aromatic rings. The second kappa shape index (κ2) is 5.54. The van der Waals surface area contributed by atoms with Gasteiger partial charge in [0.25, 0.3) is 0 Å². The van der Waals surface area contributed by atoms with E-state index in [2.05, 4.69) is 17.2 Å². The Kier molecular flexibility index (Phi) is 3.73. The third kappa shape index (κ3) is 2.45. The van der Waals surface area contributed by atoms with E-state index in [0.29, 0.717) is 17.2 Å². The van der Waals surface area contributed by atoms with Crippen molar-refractivity contribution < 1.29 is 14.2 Å². The van der Waals surface area contributed by atoms with Crippen LogP contribution in [0.3, 0.4) is 0 Å². The van der Waals surface area contributed by atoms with Crippen LogP contribution in [0.15, 0.2) is 12.1 Å². The zero-order valence-electron chi connectivity index (χ0n) is 12.5. The lowest BCUT2D eigenvalue weighted by Crippen LogP contribution is -2.11. The van der Waals surface area contributed by atoms with Crippen LogP contribution in [0.1, 0.15) is 23.5 Å². The fourth-order valence-corrected chi connectivity index (χ4v) is 3.43. The fourth-order valence-electron chi connectivity index (χ4n) is 2.32. The van der Waals surface area contributed by atoms with Gasteiger partial charge in [0.15, 0.2) is 11.5 Å². The van der Waals surface area contributed by atoms with Crippen LogP contribution in [0.2, 0.25) is 0 Å². The van der Waals surface area contributed by atoms with Gasteiger partial charge >= 0.3 is 0 Å². The van der Waals surface area contributed by atoms with Gasteiger partial charge in [0.05, 0.1) is 12.8 Å². The van der Waals surface area contributed by atoms with Crippen molar-refractivity contribution in [1.82, 2.24) is 10.3 Å². The molecule has 0 fully saturated rings. The van der Waals surface area contributed by atoms with Gasteiger partial charge in [-0.25, -0.2) is 4.98 Å². The van der Waals surface area contributed by atoms with E-state index in [0.717, 1.165) is 16.3 Å². The van der Waals surface area contributed by atoms with Gasteiger partial charge < -0.3 is 19.5 Å². The van der Waals surface area contributed by atoms with Gasteiger partial charge in [0.1, 0.15) is 5.01 Å². The van der Waals surface area contributed by atoms with Gasteiger partial charge in [-0.1, -0.05) is 0 Å². The normalized spacial score (nSPS) is 14.3. The highest BCUT2D eigenvalue weighted by Gasteiger charge is 2.22. The first kappa shape index (κ1) is 14.2. The molecule has 1 atom stereocenters. The van der Waals surface area contributed by atoms with Gasteiger partial charge in [-0.15, -0.1) is 11.3 Å². The number of hydrogen-bond donors (Lipinski definition) is 1. The summed E-state index contributed by atoms with van der Waals surface area (Å²) >= 11 is 1.68. The van der Waals surface area contributed by atoms with Gasteiger partial charge in [0.2, 0.25) is 12.5 Å². The Morgan fingerprint density at radius 1 is 1.38 bits per heavy atom. The quantitative estimate of drug-likeness (QED) is 0.940. The molecule has 1 aliphatic rings. The Morgan fingerprint density at radius 3 is 2.90 bits per heavy atom. The molecule has 1 aromatic heterocycles. The Hall–Kier alpha value is -1.79. The molecule has 0 saturated heterocycles. The minimum atomic E-state index is 0.230. The molecule has 21 heavy (non-hydrogen) atoms. The van der Waals surface area contributed by atoms with Crippen LogP contribution >= 0.6 is 11.3 Å². The van der Waals surface area contributed by atoms with Crippen molar-refractivity contribution in [3.8, 4) is 27.8 Å². The lowest BCUT2D eigenvalue weighted by molar-refractivity contribution is 0.171. The van der Waals surface area contributed by atoms with E-state index >= 15 is 0 Å². The summed E-state index contributed by atoms with van der Waals surface area (Å²) in [6, 6.07) is 4.18. The first-order valence-corrected chi connectivity index (χ1v) is 7.58. The van der Waals surface area contributed by atoms with Crippen molar-refractivity contribution in [3.63, 3.8) is 0 Å². The summed E-state index contributed by atoms with van der Waals surface area (Å²) in [5.41, 5.74) is 2.03. The monoisotopic (exact) mass is 306 g/mol. The maximum absolute atomic E-state index is 5.47. The smallest absolute Gasteiger partial charge is 0.231 e. The number of aryl methyl sites for hydroxylation is 1. The first-order chi connectivity index (χ1) is 10.1. The lowest BCUT2D eigenvalue weighted by Gasteiger charge is -2.07. The third-order valence-electron chi connectivity index (χ3n) is 3.56. The van der Waals surface area contributed by atoms with Gasteiger partial charge in [-0.3, -0.25) is 0 Å². The first-order valence-electron chi connectivity index (χ1n) is 6.76. The number of hydrogen-bond acceptors (Lipinski definition) is 6. The van der Waals surface area contributed by atoms with Crippen LogP contribution in [-0.2, 0) is 0 Å². The number of aromatic nitrogens is 1. The summed E-state index contributed by atoms with van der Waals surface area (Å²) in [5, 5.41) is 4.21. The molecule has 0 saturated carbocycles. The van der Waals surface area contributed by atoms with Crippen molar-refractivity contribution in [2.75, 3.05) is 21.0 Å². The fraction of sp³-hybridized carbons (Fsp3) is 0.400. The minimum absolute atomic E-state index is 0.230. The summed E-state index contributed by atoms with van der Waals surface area (Å²) < 4.78 is 16.3. The van der Waals surface area contributed by atoms with Crippen LogP contribution in [0, 0.1) is 6.92 Å². The standard InChI is InChI=1S/C15H18N2O3S/c1-8(16-3)14-9(2)17-15(21-14)10-5-11(18-4)13-12(6-10)19-7-20-13/h5-6,8,16H,7H2,1-4H3. The zero-order valence-corrected chi connectivity index (χ0v) is 13.3. The molecule has 1 N–H and O–H groups in total. The van der Waals surface area contributed by atoms with Crippen LogP contribution in [0.5, 0.6) is 17.2 Å². The van der Waals surface area contributed by atoms with E-state index in [1.807, 2.05) is 26.1 Å². The number of fused-ring (bicyclic) bond motifs is 1. The average Bonchev–Trinajstić information content (AvgIpc) is 3.11. The average molecular weight is 306 g/mol. The number of nitrogens with one attached hydrogen (secondary N) is 1. The lowest BCUT2D eigenvalue weighted by atomic mass is 10.2. The van der Waals surface area contributed by atoms with E-state index in [1.54, 1.807) is 18.4 Å². The number of methoxy groups -OCH3 is 1. The van der Waals surface area contributed by atoms with E-state index in [-0.39, 0.29) is 12.8 Å². The number of nitrogens with zero attached hydrogens (tertiary/aromatic N) is 1. The highest BCUT2D eigenvalue weighted by Crippen LogP contribution is 2.45. The molecule has 3 rings (SSSR count). The molecule has 1 aromatic carbocycles. The Labute approximate surface area is 127 Å². The Morgan fingerprint density at radius 2 is 2.19 bits per heavy atom. The maximum Gasteiger partial charge on any atom is 0.231 e. The highest BCUT2D eigenvalue weighted by atomic mass is 32.1. The van der Waals surface area contributed by atoms with Crippen LogP contribution < -0.4 is 19.5 Å². The molecule has 0 bridgehead atoms. The summed E-state index contributed by atoms with van der Waals surface area (Å²) in [6.45, 7) is 4.39. The van der Waals surface area contributed by atoms with Gasteiger partial charge in [-0.2, -0.15) is 0 Å². The van der Waals surface area contributed by atoms with Crippen LogP contribution in [0.4, 0.5) is 0 Å². The van der Waals surface area contributed by atoms with Gasteiger partial charge in [-0.05, 0) is 33.0 Å². The van der Waals surface area contributed by atoms with Crippen molar-refractivity contribution >= 4 is 11.3 Å². The van der Waals surface area contributed by atoms with Crippen molar-refractivity contribution in [2.24, 2.45) is 0 Å². The third-order valence-corrected chi connectivity index (χ3v) is 4.95. The second-order valence-corrected chi connectivity index (χ2v) is 5.92. The molecule has 0 aliphatic carbocycles. The molecule has 1 unspecified atom stereocenters. The Bertz CT molecular complexity index is 669. The Balaban J connectivity index is 2.05. The molecule has 0 amide bonds. The highest BCUT2D eigenvalue weighted by molar-refractivity contribution is 7.15. The molecule has 5 nitrogen and oxygen atoms in total. The molecule has 2 heterocycles. The summed E-state index contributed by atoms with van der Waals surface area (Å²) in [4.78, 5) is 5.92. The molecule has 1 aliphatic heterocycles. The predicted octanol–water partition coefficient (Wildman–Crippen LogP) is 3.14. The molecular weight excluding hydrogens is 288 g/mol. The topological polar surface area (TPSA) is 52.6 Å². The summed E-state index contributed by atoms with van der Waals surface area (Å²) in [6.07, 6.45) is 0. The van der Waals surface area contributed by atoms with Crippen molar-refractivity contribution in [3.05, 3.63) is 22.7 Å². The molecule has 112 valence electrons. The molecule has 0 spiro atoms. The predicted molar refractivity (Wildman–Crippen MR) is 82.4 cm³/mol. The minimum Gasteiger partial charge on any atom is -0.493 e. The molecule has 0 radical (unpaired) electrons. The number of ether oxygens (including phenoxy) is 3. The number of rotatable bonds is 4. The van der Waals surface area contributed by atoms with Crippen LogP contribution in [0.25, 0.3) is 10.6 Å². The summed E-state index contributed by atoms with van der Waals surface area (Å²) in [5.74, 6) is 2.05.